The Bertz CT molecular complexity index is 925. The van der Waals surface area contributed by atoms with Crippen molar-refractivity contribution in [3.63, 3.8) is 0 Å². The zero-order valence-corrected chi connectivity index (χ0v) is 16.2. The summed E-state index contributed by atoms with van der Waals surface area (Å²) in [5.74, 6) is -2.02. The van der Waals surface area contributed by atoms with Gasteiger partial charge in [-0.25, -0.2) is 14.1 Å². The largest absolute Gasteiger partial charge is 0.506 e. The second-order valence-electron chi connectivity index (χ2n) is 4.72. The SMILES string of the molecule is NC(=O)N1C(=O)C(=C(O)c2cc(Br)c(Br)s2)c2cc(F)c(Cl)cc21. The highest BCUT2D eigenvalue weighted by atomic mass is 79.9. The van der Waals surface area contributed by atoms with Crippen LogP contribution in [0, 0.1) is 5.82 Å². The van der Waals surface area contributed by atoms with E-state index in [0.717, 1.165) is 23.5 Å². The van der Waals surface area contributed by atoms with Crippen LogP contribution in [0.4, 0.5) is 14.9 Å². The number of carbonyl (C=O) groups excluding carboxylic acids is 2. The summed E-state index contributed by atoms with van der Waals surface area (Å²) in [5.41, 5.74) is 5.08. The number of halogens is 4. The summed E-state index contributed by atoms with van der Waals surface area (Å²) in [6.45, 7) is 0. The molecule has 0 aliphatic carbocycles. The Balaban J connectivity index is 2.30. The van der Waals surface area contributed by atoms with Crippen molar-refractivity contribution in [2.24, 2.45) is 5.73 Å². The molecule has 0 unspecified atom stereocenters. The van der Waals surface area contributed by atoms with Gasteiger partial charge in [0.25, 0.3) is 5.91 Å². The van der Waals surface area contributed by atoms with E-state index in [1.54, 1.807) is 6.07 Å². The number of urea groups is 1. The lowest BCUT2D eigenvalue weighted by Gasteiger charge is -2.11. The first-order valence-corrected chi connectivity index (χ1v) is 9.02. The quantitative estimate of drug-likeness (QED) is 0.434. The highest BCUT2D eigenvalue weighted by molar-refractivity contribution is 9.13. The molecule has 3 N–H and O–H groups in total. The summed E-state index contributed by atoms with van der Waals surface area (Å²) < 4.78 is 15.2. The molecule has 3 rings (SSSR count). The summed E-state index contributed by atoms with van der Waals surface area (Å²) >= 11 is 13.4. The Hall–Kier alpha value is -1.42. The number of nitrogens with zero attached hydrogens (tertiary/aromatic N) is 1. The second-order valence-corrected chi connectivity index (χ2v) is 8.35. The molecule has 0 radical (unpaired) electrons. The Morgan fingerprint density at radius 1 is 1.33 bits per heavy atom. The molecular formula is C14H6Br2ClFN2O3S. The van der Waals surface area contributed by atoms with Gasteiger partial charge < -0.3 is 10.8 Å². The van der Waals surface area contributed by atoms with Crippen LogP contribution in [0.5, 0.6) is 0 Å². The van der Waals surface area contributed by atoms with E-state index in [1.165, 1.54) is 0 Å². The van der Waals surface area contributed by atoms with E-state index < -0.39 is 17.8 Å². The molecule has 124 valence electrons. The average molecular weight is 497 g/mol. The molecule has 2 aromatic rings. The standard InChI is InChI=1S/C14H6Br2ClFN2O3S/c15-5-2-9(24-12(5)16)11(21)10-4-1-7(18)6(17)3-8(4)20(13(10)22)14(19)23/h1-3,21H,(H2,19,23). The van der Waals surface area contributed by atoms with Gasteiger partial charge in [0, 0.05) is 10.0 Å². The van der Waals surface area contributed by atoms with E-state index in [9.17, 15) is 19.1 Å². The first kappa shape index (κ1) is 17.4. The van der Waals surface area contributed by atoms with E-state index in [2.05, 4.69) is 31.9 Å². The number of anilines is 1. The predicted octanol–water partition coefficient (Wildman–Crippen LogP) is 4.92. The van der Waals surface area contributed by atoms with Crippen molar-refractivity contribution < 1.29 is 19.1 Å². The molecule has 0 spiro atoms. The van der Waals surface area contributed by atoms with Crippen molar-refractivity contribution in [3.8, 4) is 0 Å². The number of hydrogen-bond acceptors (Lipinski definition) is 4. The van der Waals surface area contributed by atoms with Crippen molar-refractivity contribution in [2.45, 2.75) is 0 Å². The molecule has 1 aliphatic heterocycles. The van der Waals surface area contributed by atoms with Gasteiger partial charge in [0.05, 0.1) is 24.9 Å². The van der Waals surface area contributed by atoms with Gasteiger partial charge in [-0.15, -0.1) is 11.3 Å². The van der Waals surface area contributed by atoms with E-state index in [0.29, 0.717) is 18.0 Å². The highest BCUT2D eigenvalue weighted by Gasteiger charge is 2.39. The lowest BCUT2D eigenvalue weighted by Crippen LogP contribution is -2.38. The van der Waals surface area contributed by atoms with Crippen LogP contribution in [0.2, 0.25) is 5.02 Å². The molecule has 0 bridgehead atoms. The fourth-order valence-corrected chi connectivity index (χ4v) is 4.44. The molecule has 0 fully saturated rings. The predicted molar refractivity (Wildman–Crippen MR) is 97.6 cm³/mol. The maximum absolute atomic E-state index is 13.8. The molecule has 1 aromatic carbocycles. The number of carbonyl (C=O) groups is 2. The fourth-order valence-electron chi connectivity index (χ4n) is 2.29. The third-order valence-electron chi connectivity index (χ3n) is 3.30. The van der Waals surface area contributed by atoms with E-state index in [1.807, 2.05) is 0 Å². The molecule has 0 saturated heterocycles. The van der Waals surface area contributed by atoms with Gasteiger partial charge in [-0.2, -0.15) is 0 Å². The summed E-state index contributed by atoms with van der Waals surface area (Å²) in [6, 6.07) is 2.64. The van der Waals surface area contributed by atoms with Gasteiger partial charge in [-0.1, -0.05) is 11.6 Å². The number of primary amides is 1. The van der Waals surface area contributed by atoms with Crippen LogP contribution in [0.3, 0.4) is 0 Å². The number of benzene rings is 1. The van der Waals surface area contributed by atoms with Gasteiger partial charge in [0.2, 0.25) is 0 Å². The van der Waals surface area contributed by atoms with E-state index in [-0.39, 0.29) is 27.6 Å². The number of amides is 3. The number of nitrogens with two attached hydrogens (primary N) is 1. The van der Waals surface area contributed by atoms with Crippen molar-refractivity contribution in [2.75, 3.05) is 4.90 Å². The molecule has 24 heavy (non-hydrogen) atoms. The topological polar surface area (TPSA) is 83.6 Å². The summed E-state index contributed by atoms with van der Waals surface area (Å²) in [4.78, 5) is 25.2. The maximum atomic E-state index is 13.8. The van der Waals surface area contributed by atoms with Crippen LogP contribution in [0.25, 0.3) is 11.3 Å². The third-order valence-corrected chi connectivity index (χ3v) is 6.85. The van der Waals surface area contributed by atoms with Gasteiger partial charge >= 0.3 is 6.03 Å². The number of hydrogen-bond donors (Lipinski definition) is 2. The molecule has 1 aliphatic rings. The second kappa shape index (κ2) is 6.14. The fraction of sp³-hybridized carbons (Fsp3) is 0. The highest BCUT2D eigenvalue weighted by Crippen LogP contribution is 2.44. The number of aliphatic hydroxyl groups excluding tert-OH is 1. The summed E-state index contributed by atoms with van der Waals surface area (Å²) in [7, 11) is 0. The van der Waals surface area contributed by atoms with Crippen LogP contribution in [-0.2, 0) is 4.79 Å². The van der Waals surface area contributed by atoms with Crippen LogP contribution in [-0.4, -0.2) is 17.0 Å². The van der Waals surface area contributed by atoms with E-state index in [4.69, 9.17) is 17.3 Å². The summed E-state index contributed by atoms with van der Waals surface area (Å²) in [6.07, 6.45) is 0. The van der Waals surface area contributed by atoms with Crippen molar-refractivity contribution in [1.82, 2.24) is 0 Å². The van der Waals surface area contributed by atoms with Gasteiger partial charge in [0.15, 0.2) is 0 Å². The number of imide groups is 1. The summed E-state index contributed by atoms with van der Waals surface area (Å²) in [5, 5.41) is 10.3. The number of fused-ring (bicyclic) bond motifs is 1. The monoisotopic (exact) mass is 494 g/mol. The van der Waals surface area contributed by atoms with Crippen LogP contribution in [0.1, 0.15) is 10.4 Å². The molecule has 2 heterocycles. The molecule has 3 amide bonds. The van der Waals surface area contributed by atoms with Crippen molar-refractivity contribution in [1.29, 1.82) is 0 Å². The number of aliphatic hydroxyl groups is 1. The first-order chi connectivity index (χ1) is 11.2. The van der Waals surface area contributed by atoms with Crippen molar-refractivity contribution in [3.05, 3.63) is 47.7 Å². The lowest BCUT2D eigenvalue weighted by molar-refractivity contribution is -0.112. The number of rotatable bonds is 1. The minimum Gasteiger partial charge on any atom is -0.506 e. The molecule has 1 aromatic heterocycles. The van der Waals surface area contributed by atoms with Gasteiger partial charge in [-0.3, -0.25) is 4.79 Å². The number of thiophene rings is 1. The average Bonchev–Trinajstić information content (AvgIpc) is 2.96. The lowest BCUT2D eigenvalue weighted by atomic mass is 10.1. The maximum Gasteiger partial charge on any atom is 0.326 e. The van der Waals surface area contributed by atoms with Gasteiger partial charge in [0.1, 0.15) is 11.6 Å². The zero-order valence-electron chi connectivity index (χ0n) is 11.4. The Morgan fingerprint density at radius 3 is 2.54 bits per heavy atom. The minimum absolute atomic E-state index is 0.0233. The first-order valence-electron chi connectivity index (χ1n) is 6.24. The molecule has 0 saturated carbocycles. The van der Waals surface area contributed by atoms with Crippen LogP contribution < -0.4 is 10.6 Å². The molecule has 0 atom stereocenters. The zero-order chi connectivity index (χ0) is 17.8. The normalized spacial score (nSPS) is 15.7. The van der Waals surface area contributed by atoms with Gasteiger partial charge in [-0.05, 0) is 50.1 Å². The van der Waals surface area contributed by atoms with Crippen LogP contribution in [0.15, 0.2) is 26.5 Å². The Labute approximate surface area is 160 Å². The minimum atomic E-state index is -1.06. The van der Waals surface area contributed by atoms with Crippen molar-refractivity contribution >= 4 is 83.8 Å². The van der Waals surface area contributed by atoms with Crippen LogP contribution >= 0.6 is 54.8 Å². The Kier molecular flexibility index (Phi) is 4.45. The molecule has 10 heteroatoms. The molecule has 5 nitrogen and oxygen atoms in total. The molecular weight excluding hydrogens is 490 g/mol. The smallest absolute Gasteiger partial charge is 0.326 e. The Morgan fingerprint density at radius 2 is 2.00 bits per heavy atom. The third kappa shape index (κ3) is 2.65. The van der Waals surface area contributed by atoms with E-state index >= 15 is 0 Å².